The van der Waals surface area contributed by atoms with Gasteiger partial charge in [0.05, 0.1) is 6.26 Å². The van der Waals surface area contributed by atoms with Crippen molar-refractivity contribution < 1.29 is 14.6 Å². The van der Waals surface area contributed by atoms with Crippen LogP contribution in [0.4, 0.5) is 5.69 Å². The van der Waals surface area contributed by atoms with Crippen molar-refractivity contribution in [2.75, 3.05) is 31.1 Å². The molecule has 1 saturated heterocycles. The van der Waals surface area contributed by atoms with Gasteiger partial charge < -0.3 is 19.6 Å². The number of hydrogen-bond donors (Lipinski definition) is 1. The highest BCUT2D eigenvalue weighted by atomic mass is 16.5. The molecule has 0 radical (unpaired) electrons. The molecule has 0 atom stereocenters. The number of aliphatic hydroxyl groups is 1. The van der Waals surface area contributed by atoms with Gasteiger partial charge in [-0.05, 0) is 69.5 Å². The lowest BCUT2D eigenvalue weighted by molar-refractivity contribution is -0.118. The Kier molecular flexibility index (Phi) is 10.2. The number of anilines is 1. The van der Waals surface area contributed by atoms with E-state index in [9.17, 15) is 9.90 Å². The molecule has 0 bridgehead atoms. The van der Waals surface area contributed by atoms with E-state index in [1.165, 1.54) is 57.6 Å². The van der Waals surface area contributed by atoms with Gasteiger partial charge in [-0.15, -0.1) is 0 Å². The standard InChI is InChI=1S/C29H44N2O3/c1-4-34-25(3)28(33)31(26-12-10-24(2)11-13-26)27-14-20-30(21-15-27)22-18-29(19-23-32)16-8-6-5-7-9-17-29/h4,10-13,27,32H,1,3,5-9,14-23H2,2H3. The molecule has 1 aliphatic heterocycles. The highest BCUT2D eigenvalue weighted by molar-refractivity contribution is 6.04. The van der Waals surface area contributed by atoms with Gasteiger partial charge in [0.15, 0.2) is 5.76 Å². The molecular formula is C29H44N2O3. The topological polar surface area (TPSA) is 53.0 Å². The third kappa shape index (κ3) is 7.19. The third-order valence-corrected chi connectivity index (χ3v) is 7.93. The second-order valence-electron chi connectivity index (χ2n) is 10.3. The fourth-order valence-electron chi connectivity index (χ4n) is 5.80. The molecule has 2 fully saturated rings. The lowest BCUT2D eigenvalue weighted by Crippen LogP contribution is -2.48. The molecule has 2 aliphatic rings. The number of aliphatic hydroxyl groups excluding tert-OH is 1. The Bertz CT molecular complexity index is 788. The van der Waals surface area contributed by atoms with E-state index in [-0.39, 0.29) is 17.7 Å². The first-order valence-corrected chi connectivity index (χ1v) is 13.2. The van der Waals surface area contributed by atoms with E-state index in [1.807, 2.05) is 36.1 Å². The number of aryl methyl sites for hydroxylation is 1. The first-order chi connectivity index (χ1) is 16.5. The maximum Gasteiger partial charge on any atom is 0.293 e. The summed E-state index contributed by atoms with van der Waals surface area (Å²) in [6.07, 6.45) is 14.4. The van der Waals surface area contributed by atoms with Gasteiger partial charge in [0.25, 0.3) is 5.91 Å². The van der Waals surface area contributed by atoms with Crippen LogP contribution in [-0.2, 0) is 9.53 Å². The number of ether oxygens (including phenoxy) is 1. The first kappa shape index (κ1) is 26.5. The van der Waals surface area contributed by atoms with Gasteiger partial charge in [0.2, 0.25) is 0 Å². The van der Waals surface area contributed by atoms with Crippen LogP contribution in [0.2, 0.25) is 0 Å². The molecule has 1 amide bonds. The molecule has 0 unspecified atom stereocenters. The molecule has 3 rings (SSSR count). The van der Waals surface area contributed by atoms with Crippen molar-refractivity contribution in [3.05, 3.63) is 55.0 Å². The Labute approximate surface area is 206 Å². The normalized spacial score (nSPS) is 19.6. The predicted octanol–water partition coefficient (Wildman–Crippen LogP) is 5.97. The van der Waals surface area contributed by atoms with Crippen molar-refractivity contribution in [2.24, 2.45) is 5.41 Å². The summed E-state index contributed by atoms with van der Waals surface area (Å²) in [5.41, 5.74) is 2.35. The zero-order chi connectivity index (χ0) is 24.4. The van der Waals surface area contributed by atoms with Gasteiger partial charge >= 0.3 is 0 Å². The number of carbonyl (C=O) groups excluding carboxylic acids is 1. The molecule has 1 heterocycles. The molecule has 1 N–H and O–H groups in total. The fraction of sp³-hybridized carbons (Fsp3) is 0.621. The molecule has 1 aliphatic carbocycles. The Morgan fingerprint density at radius 3 is 2.32 bits per heavy atom. The van der Waals surface area contributed by atoms with Crippen LogP contribution in [0.1, 0.15) is 76.2 Å². The lowest BCUT2D eigenvalue weighted by atomic mass is 9.71. The minimum absolute atomic E-state index is 0.105. The van der Waals surface area contributed by atoms with Crippen LogP contribution < -0.4 is 4.90 Å². The molecule has 34 heavy (non-hydrogen) atoms. The van der Waals surface area contributed by atoms with E-state index in [1.54, 1.807) is 0 Å². The lowest BCUT2D eigenvalue weighted by Gasteiger charge is -2.41. The molecule has 1 aromatic rings. The van der Waals surface area contributed by atoms with Gasteiger partial charge in [-0.1, -0.05) is 63.0 Å². The van der Waals surface area contributed by atoms with E-state index in [0.717, 1.165) is 50.1 Å². The molecule has 188 valence electrons. The molecule has 5 nitrogen and oxygen atoms in total. The summed E-state index contributed by atoms with van der Waals surface area (Å²) in [4.78, 5) is 17.6. The van der Waals surface area contributed by atoms with Gasteiger partial charge in [-0.2, -0.15) is 0 Å². The van der Waals surface area contributed by atoms with Crippen molar-refractivity contribution in [2.45, 2.75) is 83.6 Å². The second kappa shape index (κ2) is 13.1. The largest absolute Gasteiger partial charge is 0.460 e. The van der Waals surface area contributed by atoms with E-state index in [0.29, 0.717) is 12.0 Å². The highest BCUT2D eigenvalue weighted by Crippen LogP contribution is 2.40. The van der Waals surface area contributed by atoms with Crippen molar-refractivity contribution >= 4 is 11.6 Å². The average molecular weight is 469 g/mol. The van der Waals surface area contributed by atoms with Crippen molar-refractivity contribution in [1.29, 1.82) is 0 Å². The summed E-state index contributed by atoms with van der Waals surface area (Å²) in [5, 5.41) is 9.76. The summed E-state index contributed by atoms with van der Waals surface area (Å²) in [6.45, 7) is 12.8. The van der Waals surface area contributed by atoms with E-state index in [2.05, 4.69) is 18.1 Å². The first-order valence-electron chi connectivity index (χ1n) is 13.2. The smallest absolute Gasteiger partial charge is 0.293 e. The predicted molar refractivity (Wildman–Crippen MR) is 140 cm³/mol. The molecular weight excluding hydrogens is 424 g/mol. The van der Waals surface area contributed by atoms with Crippen LogP contribution in [0, 0.1) is 12.3 Å². The quantitative estimate of drug-likeness (QED) is 0.340. The number of carbonyl (C=O) groups is 1. The zero-order valence-electron chi connectivity index (χ0n) is 21.1. The van der Waals surface area contributed by atoms with Gasteiger partial charge in [-0.3, -0.25) is 4.79 Å². The molecule has 1 saturated carbocycles. The minimum atomic E-state index is -0.196. The van der Waals surface area contributed by atoms with Crippen molar-refractivity contribution in [3.63, 3.8) is 0 Å². The zero-order valence-corrected chi connectivity index (χ0v) is 21.1. The Hall–Kier alpha value is -2.11. The van der Waals surface area contributed by atoms with Gasteiger partial charge in [-0.25, -0.2) is 0 Å². The molecule has 0 aromatic heterocycles. The Balaban J connectivity index is 1.63. The van der Waals surface area contributed by atoms with Crippen LogP contribution in [-0.4, -0.2) is 48.2 Å². The SMILES string of the molecule is C=COC(=C)C(=O)N(c1ccc(C)cc1)C1CCN(CCC2(CCO)CCCCCCC2)CC1. The molecule has 1 aromatic carbocycles. The summed E-state index contributed by atoms with van der Waals surface area (Å²) < 4.78 is 5.25. The van der Waals surface area contributed by atoms with Gasteiger partial charge in [0.1, 0.15) is 0 Å². The van der Waals surface area contributed by atoms with Crippen LogP contribution in [0.5, 0.6) is 0 Å². The van der Waals surface area contributed by atoms with E-state index < -0.39 is 0 Å². The number of rotatable bonds is 10. The van der Waals surface area contributed by atoms with Crippen molar-refractivity contribution in [1.82, 2.24) is 4.90 Å². The van der Waals surface area contributed by atoms with Gasteiger partial charge in [0, 0.05) is 31.4 Å². The minimum Gasteiger partial charge on any atom is -0.460 e. The number of nitrogens with zero attached hydrogens (tertiary/aromatic N) is 2. The fourth-order valence-corrected chi connectivity index (χ4v) is 5.80. The Morgan fingerprint density at radius 2 is 1.74 bits per heavy atom. The number of benzene rings is 1. The molecule has 0 spiro atoms. The van der Waals surface area contributed by atoms with E-state index >= 15 is 0 Å². The van der Waals surface area contributed by atoms with Crippen LogP contribution in [0.15, 0.2) is 49.4 Å². The van der Waals surface area contributed by atoms with Crippen LogP contribution in [0.25, 0.3) is 0 Å². The monoisotopic (exact) mass is 468 g/mol. The van der Waals surface area contributed by atoms with Crippen LogP contribution in [0.3, 0.4) is 0 Å². The number of piperidine rings is 1. The average Bonchev–Trinajstić information content (AvgIpc) is 2.82. The maximum absolute atomic E-state index is 13.2. The number of hydrogen-bond acceptors (Lipinski definition) is 4. The summed E-state index contributed by atoms with van der Waals surface area (Å²) >= 11 is 0. The Morgan fingerprint density at radius 1 is 1.12 bits per heavy atom. The number of likely N-dealkylation sites (tertiary alicyclic amines) is 1. The number of amides is 1. The summed E-state index contributed by atoms with van der Waals surface area (Å²) in [7, 11) is 0. The van der Waals surface area contributed by atoms with E-state index in [4.69, 9.17) is 4.74 Å². The third-order valence-electron chi connectivity index (χ3n) is 7.93. The second-order valence-corrected chi connectivity index (χ2v) is 10.3. The van der Waals surface area contributed by atoms with Crippen molar-refractivity contribution in [3.8, 4) is 0 Å². The van der Waals surface area contributed by atoms with Crippen LogP contribution >= 0.6 is 0 Å². The highest BCUT2D eigenvalue weighted by Gasteiger charge is 2.33. The summed E-state index contributed by atoms with van der Waals surface area (Å²) in [6, 6.07) is 8.21. The summed E-state index contributed by atoms with van der Waals surface area (Å²) in [5.74, 6) is -0.0909. The molecule has 5 heteroatoms. The maximum atomic E-state index is 13.2.